The van der Waals surface area contributed by atoms with Crippen LogP contribution < -0.4 is 0 Å². The molecule has 0 aliphatic rings. The Kier molecular flexibility index (Phi) is 7.03. The number of furan rings is 1. The van der Waals surface area contributed by atoms with Crippen LogP contribution in [0.2, 0.25) is 0 Å². The van der Waals surface area contributed by atoms with Gasteiger partial charge in [-0.05, 0) is 59.7 Å². The third-order valence-electron chi connectivity index (χ3n) is 11.1. The minimum Gasteiger partial charge on any atom is -0.454 e. The fraction of sp³-hybridized carbons (Fsp3) is 0. The van der Waals surface area contributed by atoms with Gasteiger partial charge in [0.05, 0.1) is 16.7 Å². The summed E-state index contributed by atoms with van der Waals surface area (Å²) in [6.45, 7) is 0. The number of hydrogen-bond acceptors (Lipinski definition) is 5. The molecule has 0 amide bonds. The maximum Gasteiger partial charge on any atom is 0.164 e. The van der Waals surface area contributed by atoms with Crippen molar-refractivity contribution in [3.63, 3.8) is 0 Å². The molecular formula is C51H30N4OS. The summed E-state index contributed by atoms with van der Waals surface area (Å²) >= 11 is 1.79. The number of benzene rings is 8. The van der Waals surface area contributed by atoms with E-state index in [0.29, 0.717) is 17.5 Å². The summed E-state index contributed by atoms with van der Waals surface area (Å²) < 4.78 is 11.6. The van der Waals surface area contributed by atoms with Crippen LogP contribution in [0.25, 0.3) is 115 Å². The molecule has 0 fully saturated rings. The summed E-state index contributed by atoms with van der Waals surface area (Å²) in [6.07, 6.45) is 0. The van der Waals surface area contributed by atoms with Crippen LogP contribution in [0.1, 0.15) is 0 Å². The topological polar surface area (TPSA) is 56.7 Å². The predicted octanol–water partition coefficient (Wildman–Crippen LogP) is 13.9. The molecule has 266 valence electrons. The van der Waals surface area contributed by atoms with E-state index in [0.717, 1.165) is 71.9 Å². The Labute approximate surface area is 330 Å². The maximum atomic E-state index is 6.84. The zero-order valence-electron chi connectivity index (χ0n) is 30.4. The zero-order chi connectivity index (χ0) is 37.5. The highest BCUT2D eigenvalue weighted by atomic mass is 32.1. The van der Waals surface area contributed by atoms with Crippen molar-refractivity contribution in [1.82, 2.24) is 19.5 Å². The number of hydrogen-bond donors (Lipinski definition) is 0. The van der Waals surface area contributed by atoms with Crippen LogP contribution in [0.3, 0.4) is 0 Å². The van der Waals surface area contributed by atoms with Crippen LogP contribution in [0.4, 0.5) is 0 Å². The molecule has 0 bridgehead atoms. The standard InChI is InChI=1S/C51H30N4OS/c1-3-13-31(14-4-1)49-52-50(32-15-5-2-6-16-32)54-51(53-49)39-20-12-24-46-47(39)40-29-33(26-28-45(40)57-46)34-25-27-37-38-19-11-23-43(48(38)56-44(37)30-34)55-41-21-9-7-17-35(41)36-18-8-10-22-42(36)55/h1-30H. The van der Waals surface area contributed by atoms with Gasteiger partial charge in [-0.2, -0.15) is 0 Å². The van der Waals surface area contributed by atoms with Crippen molar-refractivity contribution in [3.8, 4) is 51.0 Å². The molecule has 0 aliphatic heterocycles. The number of rotatable bonds is 5. The van der Waals surface area contributed by atoms with Crippen molar-refractivity contribution in [2.24, 2.45) is 0 Å². The summed E-state index contributed by atoms with van der Waals surface area (Å²) in [7, 11) is 0. The number of thiophene rings is 1. The van der Waals surface area contributed by atoms with E-state index >= 15 is 0 Å². The predicted molar refractivity (Wildman–Crippen MR) is 236 cm³/mol. The van der Waals surface area contributed by atoms with E-state index in [1.165, 1.54) is 25.6 Å². The quantitative estimate of drug-likeness (QED) is 0.176. The molecule has 0 spiro atoms. The molecule has 57 heavy (non-hydrogen) atoms. The second-order valence-corrected chi connectivity index (χ2v) is 15.5. The van der Waals surface area contributed by atoms with Crippen LogP contribution >= 0.6 is 11.3 Å². The smallest absolute Gasteiger partial charge is 0.164 e. The second-order valence-electron chi connectivity index (χ2n) is 14.4. The Morgan fingerprint density at radius 1 is 0.404 bits per heavy atom. The molecule has 12 rings (SSSR count). The van der Waals surface area contributed by atoms with Crippen LogP contribution in [0.5, 0.6) is 0 Å². The lowest BCUT2D eigenvalue weighted by Gasteiger charge is -2.10. The first-order valence-corrected chi connectivity index (χ1v) is 19.8. The van der Waals surface area contributed by atoms with Crippen molar-refractivity contribution in [1.29, 1.82) is 0 Å². The Hall–Kier alpha value is -7.41. The molecule has 0 saturated carbocycles. The molecule has 4 aromatic heterocycles. The average Bonchev–Trinajstić information content (AvgIpc) is 3.96. The van der Waals surface area contributed by atoms with Gasteiger partial charge in [0.25, 0.3) is 0 Å². The summed E-state index contributed by atoms with van der Waals surface area (Å²) in [6, 6.07) is 63.7. The fourth-order valence-corrected chi connectivity index (χ4v) is 9.56. The van der Waals surface area contributed by atoms with Crippen LogP contribution in [-0.2, 0) is 0 Å². The van der Waals surface area contributed by atoms with E-state index in [9.17, 15) is 0 Å². The molecule has 5 nitrogen and oxygen atoms in total. The van der Waals surface area contributed by atoms with E-state index in [1.54, 1.807) is 11.3 Å². The maximum absolute atomic E-state index is 6.84. The van der Waals surface area contributed by atoms with Gasteiger partial charge >= 0.3 is 0 Å². The molecule has 4 heterocycles. The van der Waals surface area contributed by atoms with E-state index in [2.05, 4.69) is 126 Å². The third-order valence-corrected chi connectivity index (χ3v) is 12.2. The monoisotopic (exact) mass is 746 g/mol. The van der Waals surface area contributed by atoms with Crippen LogP contribution in [-0.4, -0.2) is 19.5 Å². The van der Waals surface area contributed by atoms with Crippen LogP contribution in [0, 0.1) is 0 Å². The number of para-hydroxylation sites is 3. The molecule has 0 radical (unpaired) electrons. The highest BCUT2D eigenvalue weighted by Crippen LogP contribution is 2.43. The molecule has 6 heteroatoms. The van der Waals surface area contributed by atoms with Gasteiger partial charge in [-0.25, -0.2) is 15.0 Å². The third kappa shape index (κ3) is 5.04. The van der Waals surface area contributed by atoms with Crippen molar-refractivity contribution < 1.29 is 4.42 Å². The summed E-state index contributed by atoms with van der Waals surface area (Å²) in [5.74, 6) is 1.95. The lowest BCUT2D eigenvalue weighted by molar-refractivity contribution is 0.666. The molecule has 0 unspecified atom stereocenters. The summed E-state index contributed by atoms with van der Waals surface area (Å²) in [4.78, 5) is 15.1. The highest BCUT2D eigenvalue weighted by Gasteiger charge is 2.20. The van der Waals surface area contributed by atoms with Gasteiger partial charge in [0.15, 0.2) is 23.1 Å². The van der Waals surface area contributed by atoms with Gasteiger partial charge in [0.1, 0.15) is 5.58 Å². The lowest BCUT2D eigenvalue weighted by atomic mass is 9.99. The Balaban J connectivity index is 1.01. The lowest BCUT2D eigenvalue weighted by Crippen LogP contribution is -2.00. The highest BCUT2D eigenvalue weighted by molar-refractivity contribution is 7.26. The van der Waals surface area contributed by atoms with Crippen molar-refractivity contribution in [3.05, 3.63) is 182 Å². The fourth-order valence-electron chi connectivity index (χ4n) is 8.44. The van der Waals surface area contributed by atoms with Gasteiger partial charge in [0, 0.05) is 58.4 Å². The molecule has 0 aliphatic carbocycles. The first-order chi connectivity index (χ1) is 28.2. The van der Waals surface area contributed by atoms with Crippen molar-refractivity contribution >= 4 is 75.3 Å². The van der Waals surface area contributed by atoms with Crippen molar-refractivity contribution in [2.45, 2.75) is 0 Å². The number of fused-ring (bicyclic) bond motifs is 9. The van der Waals surface area contributed by atoms with E-state index in [-0.39, 0.29) is 0 Å². The Morgan fingerprint density at radius 3 is 1.72 bits per heavy atom. The average molecular weight is 747 g/mol. The minimum absolute atomic E-state index is 0.650. The molecular weight excluding hydrogens is 717 g/mol. The second kappa shape index (κ2) is 12.6. The Bertz CT molecular complexity index is 3420. The zero-order valence-corrected chi connectivity index (χ0v) is 31.2. The van der Waals surface area contributed by atoms with Gasteiger partial charge < -0.3 is 8.98 Å². The molecule has 0 saturated heterocycles. The number of nitrogens with zero attached hydrogens (tertiary/aromatic N) is 4. The minimum atomic E-state index is 0.650. The van der Waals surface area contributed by atoms with Gasteiger partial charge in [0.2, 0.25) is 0 Å². The van der Waals surface area contributed by atoms with Crippen molar-refractivity contribution in [2.75, 3.05) is 0 Å². The van der Waals surface area contributed by atoms with Gasteiger partial charge in [-0.3, -0.25) is 0 Å². The Morgan fingerprint density at radius 2 is 1.00 bits per heavy atom. The molecule has 0 N–H and O–H groups in total. The van der Waals surface area contributed by atoms with Gasteiger partial charge in [-0.1, -0.05) is 133 Å². The van der Waals surface area contributed by atoms with E-state index in [1.807, 2.05) is 60.7 Å². The SMILES string of the molecule is c1ccc(-c2nc(-c3ccccc3)nc(-c3cccc4sc5ccc(-c6ccc7c(c6)oc6c(-n8c9ccccc9c9ccccc98)cccc67)cc5c34)n2)cc1. The number of aromatic nitrogens is 4. The van der Waals surface area contributed by atoms with E-state index < -0.39 is 0 Å². The first kappa shape index (κ1) is 31.9. The normalized spacial score (nSPS) is 11.9. The summed E-state index contributed by atoms with van der Waals surface area (Å²) in [5.41, 5.74) is 10.2. The largest absolute Gasteiger partial charge is 0.454 e. The summed E-state index contributed by atoms with van der Waals surface area (Å²) in [5, 5.41) is 6.97. The van der Waals surface area contributed by atoms with Gasteiger partial charge in [-0.15, -0.1) is 11.3 Å². The van der Waals surface area contributed by atoms with Crippen LogP contribution in [0.15, 0.2) is 186 Å². The van der Waals surface area contributed by atoms with E-state index in [4.69, 9.17) is 19.4 Å². The molecule has 0 atom stereocenters. The molecule has 12 aromatic rings. The first-order valence-electron chi connectivity index (χ1n) is 19.0. The molecule has 8 aromatic carbocycles.